The molecule has 1 heterocycles. The van der Waals surface area contributed by atoms with E-state index in [1.54, 1.807) is 0 Å². The molecular formula is C10H16ClN. The van der Waals surface area contributed by atoms with Crippen LogP contribution in [0.4, 0.5) is 0 Å². The van der Waals surface area contributed by atoms with Crippen molar-refractivity contribution >= 4 is 11.6 Å². The molecule has 0 saturated heterocycles. The Hall–Kier alpha value is -0.430. The summed E-state index contributed by atoms with van der Waals surface area (Å²) < 4.78 is 0. The molecule has 12 heavy (non-hydrogen) atoms. The normalized spacial score (nSPS) is 24.2. The van der Waals surface area contributed by atoms with Crippen LogP contribution in [0, 0.1) is 5.92 Å². The molecule has 2 heteroatoms. The fraction of sp³-hybridized carbons (Fsp3) is 0.600. The Labute approximate surface area is 79.7 Å². The van der Waals surface area contributed by atoms with Gasteiger partial charge in [0.1, 0.15) is 0 Å². The van der Waals surface area contributed by atoms with Crippen LogP contribution in [-0.2, 0) is 0 Å². The molecule has 0 radical (unpaired) electrons. The lowest BCUT2D eigenvalue weighted by molar-refractivity contribution is 0.300. The Kier molecular flexibility index (Phi) is 2.84. The summed E-state index contributed by atoms with van der Waals surface area (Å²) in [5.74, 6) is 0.558. The van der Waals surface area contributed by atoms with Crippen LogP contribution in [0.2, 0.25) is 0 Å². The van der Waals surface area contributed by atoms with E-state index in [2.05, 4.69) is 38.9 Å². The summed E-state index contributed by atoms with van der Waals surface area (Å²) in [4.78, 5) is 2.18. The highest BCUT2D eigenvalue weighted by Gasteiger charge is 2.22. The first-order valence-corrected chi connectivity index (χ1v) is 4.67. The smallest absolute Gasteiger partial charge is 0.0663 e. The number of hydrogen-bond acceptors (Lipinski definition) is 1. The van der Waals surface area contributed by atoms with Crippen LogP contribution in [0.15, 0.2) is 22.9 Å². The third-order valence-electron chi connectivity index (χ3n) is 2.13. The molecule has 1 unspecified atom stereocenters. The topological polar surface area (TPSA) is 3.24 Å². The van der Waals surface area contributed by atoms with E-state index in [-0.39, 0.29) is 0 Å². The van der Waals surface area contributed by atoms with E-state index in [4.69, 9.17) is 11.6 Å². The van der Waals surface area contributed by atoms with Gasteiger partial charge in [-0.25, -0.2) is 0 Å². The van der Waals surface area contributed by atoms with Crippen LogP contribution in [0.1, 0.15) is 20.8 Å². The Morgan fingerprint density at radius 3 is 2.50 bits per heavy atom. The van der Waals surface area contributed by atoms with Gasteiger partial charge in [-0.2, -0.15) is 0 Å². The first kappa shape index (κ1) is 9.66. The van der Waals surface area contributed by atoms with E-state index in [0.717, 1.165) is 5.03 Å². The molecule has 1 rings (SSSR count). The fourth-order valence-electron chi connectivity index (χ4n) is 1.72. The minimum Gasteiger partial charge on any atom is -0.372 e. The van der Waals surface area contributed by atoms with Gasteiger partial charge in [-0.3, -0.25) is 0 Å². The van der Waals surface area contributed by atoms with Crippen LogP contribution in [0.5, 0.6) is 0 Å². The van der Waals surface area contributed by atoms with Gasteiger partial charge in [-0.1, -0.05) is 25.4 Å². The van der Waals surface area contributed by atoms with Crippen LogP contribution < -0.4 is 0 Å². The van der Waals surface area contributed by atoms with Crippen molar-refractivity contribution in [2.24, 2.45) is 5.92 Å². The van der Waals surface area contributed by atoms with Crippen LogP contribution in [0.25, 0.3) is 0 Å². The Morgan fingerprint density at radius 1 is 1.50 bits per heavy atom. The lowest BCUT2D eigenvalue weighted by Crippen LogP contribution is -2.34. The first-order valence-electron chi connectivity index (χ1n) is 4.30. The summed E-state index contributed by atoms with van der Waals surface area (Å²) in [5, 5.41) is 0.951. The summed E-state index contributed by atoms with van der Waals surface area (Å²) in [7, 11) is 2.07. The number of nitrogens with zero attached hydrogens (tertiary/aromatic N) is 1. The van der Waals surface area contributed by atoms with Gasteiger partial charge in [0.05, 0.1) is 6.04 Å². The maximum absolute atomic E-state index is 6.15. The van der Waals surface area contributed by atoms with Crippen molar-refractivity contribution in [2.45, 2.75) is 26.8 Å². The molecule has 1 atom stereocenters. The van der Waals surface area contributed by atoms with Crippen molar-refractivity contribution < 1.29 is 0 Å². The second-order valence-corrected chi connectivity index (χ2v) is 4.19. The van der Waals surface area contributed by atoms with Crippen molar-refractivity contribution in [1.82, 2.24) is 4.90 Å². The molecule has 0 aromatic carbocycles. The first-order chi connectivity index (χ1) is 5.52. The molecule has 0 amide bonds. The van der Waals surface area contributed by atoms with Crippen LogP contribution in [0.3, 0.4) is 0 Å². The van der Waals surface area contributed by atoms with Gasteiger partial charge < -0.3 is 4.90 Å². The summed E-state index contributed by atoms with van der Waals surface area (Å²) in [5.41, 5.74) is 1.22. The molecule has 0 fully saturated rings. The minimum absolute atomic E-state index is 0.357. The van der Waals surface area contributed by atoms with Crippen molar-refractivity contribution in [3.8, 4) is 0 Å². The van der Waals surface area contributed by atoms with Gasteiger partial charge in [-0.05, 0) is 24.5 Å². The summed E-state index contributed by atoms with van der Waals surface area (Å²) in [6, 6.07) is 0.357. The van der Waals surface area contributed by atoms with Gasteiger partial charge in [0.2, 0.25) is 0 Å². The lowest BCUT2D eigenvalue weighted by atomic mass is 9.99. The minimum atomic E-state index is 0.357. The number of likely N-dealkylation sites (N-methyl/N-ethyl adjacent to an activating group) is 1. The highest BCUT2D eigenvalue weighted by Crippen LogP contribution is 2.26. The summed E-state index contributed by atoms with van der Waals surface area (Å²) in [6.45, 7) is 6.44. The second kappa shape index (κ2) is 3.53. The Balaban J connectivity index is 2.87. The monoisotopic (exact) mass is 185 g/mol. The summed E-state index contributed by atoms with van der Waals surface area (Å²) >= 11 is 6.15. The largest absolute Gasteiger partial charge is 0.372 e. The van der Waals surface area contributed by atoms with Gasteiger partial charge in [0.25, 0.3) is 0 Å². The predicted molar refractivity (Wildman–Crippen MR) is 54.1 cm³/mol. The van der Waals surface area contributed by atoms with E-state index < -0.39 is 0 Å². The Morgan fingerprint density at radius 2 is 2.08 bits per heavy atom. The van der Waals surface area contributed by atoms with Crippen LogP contribution >= 0.6 is 11.6 Å². The van der Waals surface area contributed by atoms with Crippen molar-refractivity contribution in [1.29, 1.82) is 0 Å². The zero-order chi connectivity index (χ0) is 9.30. The number of allylic oxidation sites excluding steroid dienone is 2. The average Bonchev–Trinajstić information content (AvgIpc) is 1.82. The maximum Gasteiger partial charge on any atom is 0.0663 e. The van der Waals surface area contributed by atoms with Crippen molar-refractivity contribution in [2.75, 3.05) is 7.05 Å². The van der Waals surface area contributed by atoms with Crippen molar-refractivity contribution in [3.63, 3.8) is 0 Å². The van der Waals surface area contributed by atoms with E-state index in [9.17, 15) is 0 Å². The maximum atomic E-state index is 6.15. The zero-order valence-electron chi connectivity index (χ0n) is 8.13. The molecule has 0 spiro atoms. The molecule has 1 nitrogen and oxygen atoms in total. The SMILES string of the molecule is CC1=CN(C)C(C(C)C)C(Cl)=C1. The highest BCUT2D eigenvalue weighted by molar-refractivity contribution is 6.30. The van der Waals surface area contributed by atoms with E-state index in [1.165, 1.54) is 5.57 Å². The molecule has 0 aliphatic carbocycles. The molecule has 0 bridgehead atoms. The zero-order valence-corrected chi connectivity index (χ0v) is 8.89. The van der Waals surface area contributed by atoms with Crippen molar-refractivity contribution in [3.05, 3.63) is 22.9 Å². The lowest BCUT2D eigenvalue weighted by Gasteiger charge is -2.33. The van der Waals surface area contributed by atoms with E-state index >= 15 is 0 Å². The molecule has 68 valence electrons. The number of rotatable bonds is 1. The summed E-state index contributed by atoms with van der Waals surface area (Å²) in [6.07, 6.45) is 4.18. The average molecular weight is 186 g/mol. The highest BCUT2D eigenvalue weighted by atomic mass is 35.5. The molecule has 0 aromatic rings. The molecular weight excluding hydrogens is 170 g/mol. The van der Waals surface area contributed by atoms with E-state index in [0.29, 0.717) is 12.0 Å². The quantitative estimate of drug-likeness (QED) is 0.607. The number of halogens is 1. The molecule has 0 aromatic heterocycles. The van der Waals surface area contributed by atoms with Gasteiger partial charge in [-0.15, -0.1) is 0 Å². The molecule has 1 aliphatic heterocycles. The third-order valence-corrected chi connectivity index (χ3v) is 2.46. The third kappa shape index (κ3) is 1.84. The van der Waals surface area contributed by atoms with E-state index in [1.807, 2.05) is 6.08 Å². The predicted octanol–water partition coefficient (Wildman–Crippen LogP) is 2.98. The number of hydrogen-bond donors (Lipinski definition) is 0. The standard InChI is InChI=1S/C10H16ClN/c1-7(2)10-9(11)5-8(3)6-12(10)4/h5-7,10H,1-4H3. The van der Waals surface area contributed by atoms with Gasteiger partial charge >= 0.3 is 0 Å². The molecule has 0 saturated carbocycles. The molecule has 1 aliphatic rings. The van der Waals surface area contributed by atoms with Gasteiger partial charge in [0, 0.05) is 18.3 Å². The Bertz CT molecular complexity index is 228. The fourth-order valence-corrected chi connectivity index (χ4v) is 2.30. The second-order valence-electron chi connectivity index (χ2n) is 3.76. The van der Waals surface area contributed by atoms with Gasteiger partial charge in [0.15, 0.2) is 0 Å². The molecule has 0 N–H and O–H groups in total. The van der Waals surface area contributed by atoms with Crippen LogP contribution in [-0.4, -0.2) is 18.0 Å².